The van der Waals surface area contributed by atoms with E-state index in [-0.39, 0.29) is 35.9 Å². The van der Waals surface area contributed by atoms with Crippen molar-refractivity contribution < 1.29 is 9.13 Å². The number of hydrogen-bond acceptors (Lipinski definition) is 3. The number of benzene rings is 1. The van der Waals surface area contributed by atoms with Crippen molar-refractivity contribution in [2.45, 2.75) is 18.9 Å². The largest absolute Gasteiger partial charge is 0.375 e. The molecular weight excluding hydrogens is 472 g/mol. The Morgan fingerprint density at radius 3 is 2.75 bits per heavy atom. The fourth-order valence-electron chi connectivity index (χ4n) is 3.63. The van der Waals surface area contributed by atoms with Crippen molar-refractivity contribution in [1.29, 1.82) is 0 Å². The molecule has 1 aliphatic heterocycles. The first-order valence-corrected chi connectivity index (χ1v) is 9.30. The number of aromatic nitrogens is 2. The molecule has 0 radical (unpaired) electrons. The second kappa shape index (κ2) is 10.8. The zero-order valence-electron chi connectivity index (χ0n) is 16.6. The lowest BCUT2D eigenvalue weighted by Gasteiger charge is -2.24. The summed E-state index contributed by atoms with van der Waals surface area (Å²) in [6.45, 7) is 2.54. The van der Waals surface area contributed by atoms with Crippen molar-refractivity contribution in [2.75, 3.05) is 33.8 Å². The highest BCUT2D eigenvalue weighted by molar-refractivity contribution is 14.0. The van der Waals surface area contributed by atoms with Gasteiger partial charge in [-0.2, -0.15) is 5.10 Å². The van der Waals surface area contributed by atoms with E-state index in [1.807, 2.05) is 17.9 Å². The maximum Gasteiger partial charge on any atom is 0.193 e. The minimum absolute atomic E-state index is 0. The number of aryl methyl sites for hydroxylation is 1. The van der Waals surface area contributed by atoms with Gasteiger partial charge in [-0.15, -0.1) is 24.0 Å². The Hall–Kier alpha value is -1.68. The summed E-state index contributed by atoms with van der Waals surface area (Å²) in [7, 11) is 5.41. The van der Waals surface area contributed by atoms with Gasteiger partial charge in [0, 0.05) is 47.0 Å². The van der Waals surface area contributed by atoms with Gasteiger partial charge in [0.2, 0.25) is 0 Å². The Labute approximate surface area is 183 Å². The summed E-state index contributed by atoms with van der Waals surface area (Å²) >= 11 is 0. The lowest BCUT2D eigenvalue weighted by Crippen LogP contribution is -2.42. The van der Waals surface area contributed by atoms with Crippen LogP contribution in [0.3, 0.4) is 0 Å². The number of methoxy groups -OCH3 is 1. The van der Waals surface area contributed by atoms with Crippen LogP contribution >= 0.6 is 24.0 Å². The van der Waals surface area contributed by atoms with E-state index in [2.05, 4.69) is 26.5 Å². The molecule has 1 fully saturated rings. The lowest BCUT2D eigenvalue weighted by molar-refractivity contribution is 0.106. The summed E-state index contributed by atoms with van der Waals surface area (Å²) in [4.78, 5) is 6.72. The van der Waals surface area contributed by atoms with Crippen LogP contribution in [-0.2, 0) is 18.2 Å². The highest BCUT2D eigenvalue weighted by Gasteiger charge is 2.25. The predicted octanol–water partition coefficient (Wildman–Crippen LogP) is 3.00. The van der Waals surface area contributed by atoms with Gasteiger partial charge in [0.05, 0.1) is 12.3 Å². The molecular formula is C20H29FIN5O. The van der Waals surface area contributed by atoms with E-state index in [9.17, 15) is 4.39 Å². The second-order valence-electron chi connectivity index (χ2n) is 7.03. The SMILES string of the molecule is CN=C(NCC(OC)c1ccc(F)cc1)N1CCC(Cc2cnn(C)c2)C1.I. The molecule has 3 rings (SSSR count). The van der Waals surface area contributed by atoms with Gasteiger partial charge in [0.1, 0.15) is 5.82 Å². The van der Waals surface area contributed by atoms with Crippen molar-refractivity contribution >= 4 is 29.9 Å². The minimum atomic E-state index is -0.242. The van der Waals surface area contributed by atoms with Gasteiger partial charge >= 0.3 is 0 Å². The van der Waals surface area contributed by atoms with Gasteiger partial charge in [-0.05, 0) is 42.0 Å². The topological polar surface area (TPSA) is 54.7 Å². The van der Waals surface area contributed by atoms with Crippen LogP contribution in [0.5, 0.6) is 0 Å². The quantitative estimate of drug-likeness (QED) is 0.376. The van der Waals surface area contributed by atoms with E-state index < -0.39 is 0 Å². The molecule has 1 N–H and O–H groups in total. The molecule has 2 atom stereocenters. The molecule has 1 aromatic carbocycles. The molecule has 0 amide bonds. The van der Waals surface area contributed by atoms with Crippen LogP contribution in [0.2, 0.25) is 0 Å². The molecule has 0 spiro atoms. The summed E-state index contributed by atoms with van der Waals surface area (Å²) in [5.74, 6) is 1.24. The highest BCUT2D eigenvalue weighted by Crippen LogP contribution is 2.21. The summed E-state index contributed by atoms with van der Waals surface area (Å²) < 4.78 is 20.6. The maximum atomic E-state index is 13.1. The number of ether oxygens (including phenoxy) is 1. The molecule has 2 unspecified atom stereocenters. The Kier molecular flexibility index (Phi) is 8.68. The summed E-state index contributed by atoms with van der Waals surface area (Å²) in [6.07, 6.45) is 6.05. The van der Waals surface area contributed by atoms with Crippen LogP contribution < -0.4 is 5.32 Å². The molecule has 1 aromatic heterocycles. The third-order valence-corrected chi connectivity index (χ3v) is 5.05. The van der Waals surface area contributed by atoms with Crippen LogP contribution in [0.25, 0.3) is 0 Å². The highest BCUT2D eigenvalue weighted by atomic mass is 127. The Balaban J connectivity index is 0.00000280. The van der Waals surface area contributed by atoms with Crippen molar-refractivity contribution in [3.63, 3.8) is 0 Å². The average molecular weight is 501 g/mol. The van der Waals surface area contributed by atoms with Gasteiger partial charge in [-0.25, -0.2) is 4.39 Å². The van der Waals surface area contributed by atoms with Crippen LogP contribution in [0, 0.1) is 11.7 Å². The number of aliphatic imine (C=N–C) groups is 1. The van der Waals surface area contributed by atoms with E-state index in [1.165, 1.54) is 17.7 Å². The van der Waals surface area contributed by atoms with Crippen LogP contribution in [-0.4, -0.2) is 54.4 Å². The lowest BCUT2D eigenvalue weighted by atomic mass is 10.0. The number of halogens is 2. The third kappa shape index (κ3) is 5.91. The maximum absolute atomic E-state index is 13.1. The number of guanidine groups is 1. The Morgan fingerprint density at radius 1 is 1.39 bits per heavy atom. The van der Waals surface area contributed by atoms with Crippen molar-refractivity contribution in [3.05, 3.63) is 53.6 Å². The van der Waals surface area contributed by atoms with Crippen molar-refractivity contribution in [2.24, 2.45) is 18.0 Å². The smallest absolute Gasteiger partial charge is 0.193 e. The van der Waals surface area contributed by atoms with Gasteiger partial charge in [-0.1, -0.05) is 12.1 Å². The molecule has 8 heteroatoms. The second-order valence-corrected chi connectivity index (χ2v) is 7.03. The van der Waals surface area contributed by atoms with E-state index in [0.717, 1.165) is 37.5 Å². The molecule has 0 saturated carbocycles. The van der Waals surface area contributed by atoms with Gasteiger partial charge in [0.15, 0.2) is 5.96 Å². The zero-order valence-corrected chi connectivity index (χ0v) is 19.0. The monoisotopic (exact) mass is 501 g/mol. The molecule has 154 valence electrons. The van der Waals surface area contributed by atoms with Gasteiger partial charge in [0.25, 0.3) is 0 Å². The fraction of sp³-hybridized carbons (Fsp3) is 0.500. The predicted molar refractivity (Wildman–Crippen MR) is 120 cm³/mol. The molecule has 28 heavy (non-hydrogen) atoms. The van der Waals surface area contributed by atoms with E-state index in [0.29, 0.717) is 12.5 Å². The van der Waals surface area contributed by atoms with E-state index in [4.69, 9.17) is 4.74 Å². The van der Waals surface area contributed by atoms with Crippen LogP contribution in [0.4, 0.5) is 4.39 Å². The molecule has 0 aliphatic carbocycles. The summed E-state index contributed by atoms with van der Waals surface area (Å²) in [5, 5.41) is 7.66. The number of nitrogens with zero attached hydrogens (tertiary/aromatic N) is 4. The Bertz CT molecular complexity index is 764. The molecule has 1 saturated heterocycles. The summed E-state index contributed by atoms with van der Waals surface area (Å²) in [6, 6.07) is 6.43. The average Bonchev–Trinajstić information content (AvgIpc) is 3.29. The summed E-state index contributed by atoms with van der Waals surface area (Å²) in [5.41, 5.74) is 2.22. The van der Waals surface area contributed by atoms with Crippen LogP contribution in [0.1, 0.15) is 23.7 Å². The minimum Gasteiger partial charge on any atom is -0.375 e. The Morgan fingerprint density at radius 2 is 2.14 bits per heavy atom. The van der Waals surface area contributed by atoms with Gasteiger partial charge < -0.3 is 15.0 Å². The fourth-order valence-corrected chi connectivity index (χ4v) is 3.63. The first-order valence-electron chi connectivity index (χ1n) is 9.30. The molecule has 1 aliphatic rings. The molecule has 6 nitrogen and oxygen atoms in total. The van der Waals surface area contributed by atoms with Crippen molar-refractivity contribution in [1.82, 2.24) is 20.0 Å². The third-order valence-electron chi connectivity index (χ3n) is 5.05. The van der Waals surface area contributed by atoms with E-state index >= 15 is 0 Å². The molecule has 2 heterocycles. The number of hydrogen-bond donors (Lipinski definition) is 1. The zero-order chi connectivity index (χ0) is 19.2. The van der Waals surface area contributed by atoms with Crippen LogP contribution in [0.15, 0.2) is 41.7 Å². The standard InChI is InChI=1S/C20H28FN5O.HI/c1-22-20(23-12-19(27-3)17-4-6-18(21)7-5-17)26-9-8-15(14-26)10-16-11-24-25(2)13-16;/h4-7,11,13,15,19H,8-10,12,14H2,1-3H3,(H,22,23);1H. The number of rotatable bonds is 6. The van der Waals surface area contributed by atoms with Gasteiger partial charge in [-0.3, -0.25) is 9.67 Å². The number of nitrogens with one attached hydrogen (secondary N) is 1. The van der Waals surface area contributed by atoms with E-state index in [1.54, 1.807) is 26.3 Å². The first-order chi connectivity index (χ1) is 13.1. The molecule has 0 bridgehead atoms. The van der Waals surface area contributed by atoms with Crippen molar-refractivity contribution in [3.8, 4) is 0 Å². The number of likely N-dealkylation sites (tertiary alicyclic amines) is 1. The molecule has 2 aromatic rings. The first kappa shape index (κ1) is 22.6. The normalized spacial score (nSPS) is 18.1.